The Morgan fingerprint density at radius 2 is 1.89 bits per heavy atom. The highest BCUT2D eigenvalue weighted by Crippen LogP contribution is 2.36. The third kappa shape index (κ3) is 4.69. The predicted octanol–water partition coefficient (Wildman–Crippen LogP) is 4.49. The number of pyridine rings is 2. The van der Waals surface area contributed by atoms with Crippen LogP contribution in [0.3, 0.4) is 0 Å². The molecule has 0 atom stereocenters. The molecule has 2 saturated carbocycles. The summed E-state index contributed by atoms with van der Waals surface area (Å²) in [4.78, 5) is 20.0. The van der Waals surface area contributed by atoms with Gasteiger partial charge >= 0.3 is 0 Å². The van der Waals surface area contributed by atoms with E-state index in [2.05, 4.69) is 31.8 Å². The van der Waals surface area contributed by atoms with E-state index in [0.717, 1.165) is 67.3 Å². The van der Waals surface area contributed by atoms with Gasteiger partial charge < -0.3 is 10.1 Å². The quantitative estimate of drug-likeness (QED) is 0.372. The summed E-state index contributed by atoms with van der Waals surface area (Å²) in [6.07, 6.45) is 17.7. The Labute approximate surface area is 214 Å². The first-order chi connectivity index (χ1) is 18.2. The molecule has 0 amide bonds. The van der Waals surface area contributed by atoms with Gasteiger partial charge in [0.1, 0.15) is 18.0 Å². The Balaban J connectivity index is 1.31. The number of carbonyl (C=O) groups excluding carboxylic acids is 1. The highest BCUT2D eigenvalue weighted by molar-refractivity contribution is 5.77. The fourth-order valence-electron chi connectivity index (χ4n) is 5.70. The molecule has 0 bridgehead atoms. The number of carbonyl (C=O) groups is 1. The summed E-state index contributed by atoms with van der Waals surface area (Å²) in [5.74, 6) is 1.52. The number of hydrogen-bond donors (Lipinski definition) is 1. The number of aldehydes is 1. The Morgan fingerprint density at radius 3 is 2.68 bits per heavy atom. The van der Waals surface area contributed by atoms with Gasteiger partial charge in [-0.25, -0.2) is 14.6 Å². The van der Waals surface area contributed by atoms with Gasteiger partial charge in [0.15, 0.2) is 11.5 Å². The largest absolute Gasteiger partial charge is 0.380 e. The van der Waals surface area contributed by atoms with Crippen LogP contribution in [0.1, 0.15) is 75.0 Å². The Hall–Kier alpha value is -4.13. The van der Waals surface area contributed by atoms with Gasteiger partial charge in [-0.3, -0.25) is 0 Å². The monoisotopic (exact) mass is 495 g/mol. The molecule has 0 spiro atoms. The smallest absolute Gasteiger partial charge is 0.164 e. The standard InChI is InChI=1S/C27H29N9O/c28-13-19-11-21-15-31-36(27(21)30-14-19)26-12-23(32-22-3-1-2-4-22)25(16-29-26)35-17-24(33-34-35)20-7-5-18(6-8-20)9-10-37/h10-12,14-18,20,22H,1-9H2,(H,29,32). The molecule has 0 aliphatic heterocycles. The molecular weight excluding hydrogens is 466 g/mol. The van der Waals surface area contributed by atoms with E-state index >= 15 is 0 Å². The Kier molecular flexibility index (Phi) is 6.35. The highest BCUT2D eigenvalue weighted by atomic mass is 16.1. The third-order valence-corrected chi connectivity index (χ3v) is 7.79. The van der Waals surface area contributed by atoms with Gasteiger partial charge in [0.25, 0.3) is 0 Å². The maximum absolute atomic E-state index is 10.9. The second-order valence-electron chi connectivity index (χ2n) is 10.2. The van der Waals surface area contributed by atoms with Gasteiger partial charge in [0.2, 0.25) is 0 Å². The normalized spacial score (nSPS) is 20.2. The summed E-state index contributed by atoms with van der Waals surface area (Å²) in [6, 6.07) is 6.29. The van der Waals surface area contributed by atoms with Crippen molar-refractivity contribution in [2.45, 2.75) is 69.7 Å². The van der Waals surface area contributed by atoms with Crippen molar-refractivity contribution < 1.29 is 4.79 Å². The lowest BCUT2D eigenvalue weighted by Gasteiger charge is -2.25. The van der Waals surface area contributed by atoms with Gasteiger partial charge in [-0.1, -0.05) is 18.1 Å². The molecule has 2 aliphatic rings. The van der Waals surface area contributed by atoms with Crippen molar-refractivity contribution in [3.63, 3.8) is 0 Å². The molecule has 2 aliphatic carbocycles. The molecule has 10 nitrogen and oxygen atoms in total. The van der Waals surface area contributed by atoms with E-state index in [-0.39, 0.29) is 0 Å². The minimum Gasteiger partial charge on any atom is -0.380 e. The van der Waals surface area contributed by atoms with Crippen molar-refractivity contribution in [1.82, 2.24) is 34.7 Å². The second kappa shape index (κ2) is 10.1. The van der Waals surface area contributed by atoms with Gasteiger partial charge in [-0.15, -0.1) is 5.10 Å². The zero-order chi connectivity index (χ0) is 25.2. The molecule has 37 heavy (non-hydrogen) atoms. The van der Waals surface area contributed by atoms with E-state index in [1.165, 1.54) is 12.8 Å². The van der Waals surface area contributed by atoms with Crippen molar-refractivity contribution in [2.75, 3.05) is 5.32 Å². The number of nitrogens with one attached hydrogen (secondary N) is 1. The molecule has 0 unspecified atom stereocenters. The molecule has 4 aromatic rings. The van der Waals surface area contributed by atoms with Crippen LogP contribution in [0.25, 0.3) is 22.5 Å². The Morgan fingerprint density at radius 1 is 1.05 bits per heavy atom. The summed E-state index contributed by atoms with van der Waals surface area (Å²) in [5.41, 5.74) is 3.93. The van der Waals surface area contributed by atoms with Crippen molar-refractivity contribution in [3.05, 3.63) is 48.2 Å². The van der Waals surface area contributed by atoms with E-state index in [9.17, 15) is 10.1 Å². The zero-order valence-corrected chi connectivity index (χ0v) is 20.6. The lowest BCUT2D eigenvalue weighted by atomic mass is 9.79. The van der Waals surface area contributed by atoms with Crippen LogP contribution in [0, 0.1) is 17.2 Å². The van der Waals surface area contributed by atoms with Crippen molar-refractivity contribution in [3.8, 4) is 17.6 Å². The van der Waals surface area contributed by atoms with Crippen LogP contribution in [-0.4, -0.2) is 47.1 Å². The lowest BCUT2D eigenvalue weighted by Crippen LogP contribution is -2.17. The van der Waals surface area contributed by atoms with Crippen LogP contribution >= 0.6 is 0 Å². The summed E-state index contributed by atoms with van der Waals surface area (Å²) >= 11 is 0. The molecule has 0 radical (unpaired) electrons. The molecule has 1 N–H and O–H groups in total. The number of nitriles is 1. The molecule has 188 valence electrons. The number of rotatable bonds is 7. The second-order valence-corrected chi connectivity index (χ2v) is 10.2. The lowest BCUT2D eigenvalue weighted by molar-refractivity contribution is -0.108. The first-order valence-electron chi connectivity index (χ1n) is 13.1. The third-order valence-electron chi connectivity index (χ3n) is 7.79. The SMILES string of the molecule is N#Cc1cnc2c(cnn2-c2cc(NC3CCCC3)c(-n3cc(C4CCC(CC=O)CC4)nn3)cn2)c1. The van der Waals surface area contributed by atoms with Crippen LogP contribution in [0.15, 0.2) is 36.9 Å². The molecule has 0 saturated heterocycles. The fourth-order valence-corrected chi connectivity index (χ4v) is 5.70. The minimum absolute atomic E-state index is 0.370. The van der Waals surface area contributed by atoms with Gasteiger partial charge in [0, 0.05) is 36.0 Å². The van der Waals surface area contributed by atoms with E-state index in [1.807, 2.05) is 23.1 Å². The summed E-state index contributed by atoms with van der Waals surface area (Å²) in [6.45, 7) is 0. The summed E-state index contributed by atoms with van der Waals surface area (Å²) in [7, 11) is 0. The number of aromatic nitrogens is 7. The average molecular weight is 496 g/mol. The van der Waals surface area contributed by atoms with Crippen LogP contribution < -0.4 is 5.32 Å². The molecule has 6 rings (SSSR count). The van der Waals surface area contributed by atoms with Gasteiger partial charge in [-0.2, -0.15) is 15.0 Å². The zero-order valence-electron chi connectivity index (χ0n) is 20.6. The van der Waals surface area contributed by atoms with Crippen LogP contribution in [0.5, 0.6) is 0 Å². The van der Waals surface area contributed by atoms with Crippen LogP contribution in [0.4, 0.5) is 5.69 Å². The number of fused-ring (bicyclic) bond motifs is 1. The topological polar surface area (TPSA) is 127 Å². The summed E-state index contributed by atoms with van der Waals surface area (Å²) < 4.78 is 3.52. The van der Waals surface area contributed by atoms with E-state index in [0.29, 0.717) is 41.3 Å². The highest BCUT2D eigenvalue weighted by Gasteiger charge is 2.25. The molecule has 4 aromatic heterocycles. The molecule has 0 aromatic carbocycles. The first kappa shape index (κ1) is 23.3. The van der Waals surface area contributed by atoms with E-state index < -0.39 is 0 Å². The maximum atomic E-state index is 10.9. The number of hydrogen-bond acceptors (Lipinski definition) is 8. The molecular formula is C27H29N9O. The Bertz CT molecular complexity index is 1450. The number of nitrogens with zero attached hydrogens (tertiary/aromatic N) is 8. The predicted molar refractivity (Wildman–Crippen MR) is 138 cm³/mol. The fraction of sp³-hybridized carbons (Fsp3) is 0.444. The van der Waals surface area contributed by atoms with Gasteiger partial charge in [0.05, 0.1) is 35.5 Å². The van der Waals surface area contributed by atoms with E-state index in [1.54, 1.807) is 23.1 Å². The van der Waals surface area contributed by atoms with Crippen LogP contribution in [0.2, 0.25) is 0 Å². The average Bonchev–Trinajstić information content (AvgIpc) is 3.70. The molecule has 4 heterocycles. The minimum atomic E-state index is 0.370. The van der Waals surface area contributed by atoms with Crippen molar-refractivity contribution in [1.29, 1.82) is 5.26 Å². The molecule has 10 heteroatoms. The van der Waals surface area contributed by atoms with Crippen LogP contribution in [-0.2, 0) is 4.79 Å². The maximum Gasteiger partial charge on any atom is 0.164 e. The van der Waals surface area contributed by atoms with E-state index in [4.69, 9.17) is 4.98 Å². The molecule has 2 fully saturated rings. The van der Waals surface area contributed by atoms with Crippen molar-refractivity contribution in [2.24, 2.45) is 5.92 Å². The summed E-state index contributed by atoms with van der Waals surface area (Å²) in [5, 5.41) is 27.2. The first-order valence-corrected chi connectivity index (χ1v) is 13.1. The number of anilines is 1. The van der Waals surface area contributed by atoms with Crippen molar-refractivity contribution >= 4 is 23.0 Å². The van der Waals surface area contributed by atoms with Gasteiger partial charge in [-0.05, 0) is 50.5 Å².